The first-order valence-electron chi connectivity index (χ1n) is 11.4. The van der Waals surface area contributed by atoms with Crippen LogP contribution in [0.2, 0.25) is 0 Å². The molecule has 1 aromatic carbocycles. The standard InChI is InChI=1S/C23H37N3O4S/c1-16(2)31(28,29)25-21-10-8-19(9-11-21)13-24-22-7-5-6-20(12-22)23(27)26-14-17(3)30-18(4)15-26/h5-7,12,16-19,21,24-25H,8-11,13-15H2,1-4H3/t17-,18+,19?,21?. The van der Waals surface area contributed by atoms with Gasteiger partial charge in [-0.15, -0.1) is 0 Å². The van der Waals surface area contributed by atoms with Gasteiger partial charge in [-0.25, -0.2) is 13.1 Å². The number of anilines is 1. The summed E-state index contributed by atoms with van der Waals surface area (Å²) in [5, 5.41) is 3.08. The van der Waals surface area contributed by atoms with Gasteiger partial charge in [0, 0.05) is 36.9 Å². The first-order chi connectivity index (χ1) is 14.6. The molecule has 0 bridgehead atoms. The smallest absolute Gasteiger partial charge is 0.254 e. The van der Waals surface area contributed by atoms with Crippen LogP contribution in [-0.4, -0.2) is 62.4 Å². The quantitative estimate of drug-likeness (QED) is 0.665. The zero-order valence-electron chi connectivity index (χ0n) is 19.1. The third kappa shape index (κ3) is 6.67. The molecular formula is C23H37N3O4S. The van der Waals surface area contributed by atoms with E-state index in [1.165, 1.54) is 0 Å². The number of carbonyl (C=O) groups is 1. The van der Waals surface area contributed by atoms with Gasteiger partial charge in [-0.05, 0) is 77.5 Å². The van der Waals surface area contributed by atoms with Crippen LogP contribution in [0, 0.1) is 5.92 Å². The molecule has 8 heteroatoms. The maximum atomic E-state index is 12.9. The van der Waals surface area contributed by atoms with Crippen molar-refractivity contribution in [2.45, 2.75) is 76.9 Å². The number of rotatable bonds is 7. The lowest BCUT2D eigenvalue weighted by Gasteiger charge is -2.35. The highest BCUT2D eigenvalue weighted by molar-refractivity contribution is 7.90. The van der Waals surface area contributed by atoms with Gasteiger partial charge in [0.1, 0.15) is 0 Å². The number of sulfonamides is 1. The molecule has 2 atom stereocenters. The molecule has 174 valence electrons. The van der Waals surface area contributed by atoms with E-state index in [0.717, 1.165) is 37.9 Å². The van der Waals surface area contributed by atoms with E-state index >= 15 is 0 Å². The Balaban J connectivity index is 1.49. The Morgan fingerprint density at radius 2 is 1.77 bits per heavy atom. The largest absolute Gasteiger partial charge is 0.385 e. The van der Waals surface area contributed by atoms with E-state index in [0.29, 0.717) is 24.6 Å². The molecule has 1 aliphatic heterocycles. The predicted molar refractivity (Wildman–Crippen MR) is 124 cm³/mol. The van der Waals surface area contributed by atoms with Crippen LogP contribution in [0.3, 0.4) is 0 Å². The van der Waals surface area contributed by atoms with E-state index < -0.39 is 15.3 Å². The van der Waals surface area contributed by atoms with Crippen LogP contribution in [0.1, 0.15) is 63.7 Å². The molecule has 1 aromatic rings. The SMILES string of the molecule is CC(C)S(=O)(=O)NC1CCC(CNc2cccc(C(=O)N3C[C@@H](C)O[C@@H](C)C3)c2)CC1. The van der Waals surface area contributed by atoms with Crippen molar-refractivity contribution in [3.8, 4) is 0 Å². The number of ether oxygens (including phenoxy) is 1. The second kappa shape index (κ2) is 10.3. The number of nitrogens with zero attached hydrogens (tertiary/aromatic N) is 1. The Hall–Kier alpha value is -1.64. The van der Waals surface area contributed by atoms with Crippen LogP contribution in [-0.2, 0) is 14.8 Å². The van der Waals surface area contributed by atoms with Crippen molar-refractivity contribution >= 4 is 21.6 Å². The van der Waals surface area contributed by atoms with Crippen molar-refractivity contribution in [1.82, 2.24) is 9.62 Å². The summed E-state index contributed by atoms with van der Waals surface area (Å²) >= 11 is 0. The molecule has 1 heterocycles. The fourth-order valence-electron chi connectivity index (χ4n) is 4.40. The molecule has 0 aromatic heterocycles. The van der Waals surface area contributed by atoms with E-state index in [9.17, 15) is 13.2 Å². The molecule has 1 saturated heterocycles. The highest BCUT2D eigenvalue weighted by Gasteiger charge is 2.28. The van der Waals surface area contributed by atoms with Crippen LogP contribution in [0.4, 0.5) is 5.69 Å². The Kier molecular flexibility index (Phi) is 7.99. The van der Waals surface area contributed by atoms with Gasteiger partial charge in [0.15, 0.2) is 0 Å². The van der Waals surface area contributed by atoms with E-state index in [1.807, 2.05) is 43.0 Å². The summed E-state index contributed by atoms with van der Waals surface area (Å²) in [7, 11) is -3.21. The summed E-state index contributed by atoms with van der Waals surface area (Å²) < 4.78 is 32.7. The minimum atomic E-state index is -3.21. The van der Waals surface area contributed by atoms with Crippen LogP contribution >= 0.6 is 0 Å². The van der Waals surface area contributed by atoms with Crippen LogP contribution in [0.25, 0.3) is 0 Å². The second-order valence-electron chi connectivity index (χ2n) is 9.36. The van der Waals surface area contributed by atoms with Gasteiger partial charge < -0.3 is 15.0 Å². The molecule has 3 rings (SSSR count). The third-order valence-electron chi connectivity index (χ3n) is 6.21. The van der Waals surface area contributed by atoms with Crippen LogP contribution in [0.15, 0.2) is 24.3 Å². The number of hydrogen-bond acceptors (Lipinski definition) is 5. The highest BCUT2D eigenvalue weighted by Crippen LogP contribution is 2.26. The van der Waals surface area contributed by atoms with E-state index in [2.05, 4.69) is 10.0 Å². The highest BCUT2D eigenvalue weighted by atomic mass is 32.2. The maximum absolute atomic E-state index is 12.9. The zero-order valence-corrected chi connectivity index (χ0v) is 20.0. The molecule has 0 unspecified atom stereocenters. The molecule has 2 aliphatic rings. The lowest BCUT2D eigenvalue weighted by atomic mass is 9.86. The van der Waals surface area contributed by atoms with Crippen LogP contribution in [0.5, 0.6) is 0 Å². The molecule has 2 fully saturated rings. The average molecular weight is 452 g/mol. The Morgan fingerprint density at radius 1 is 1.13 bits per heavy atom. The lowest BCUT2D eigenvalue weighted by molar-refractivity contribution is -0.0586. The first kappa shape index (κ1) is 24.0. The lowest BCUT2D eigenvalue weighted by Crippen LogP contribution is -2.48. The number of amides is 1. The van der Waals surface area contributed by atoms with Crippen molar-refractivity contribution < 1.29 is 17.9 Å². The number of carbonyl (C=O) groups excluding carboxylic acids is 1. The monoisotopic (exact) mass is 451 g/mol. The van der Waals surface area contributed by atoms with Gasteiger partial charge in [-0.2, -0.15) is 0 Å². The summed E-state index contributed by atoms with van der Waals surface area (Å²) in [4.78, 5) is 14.8. The Labute approximate surface area is 187 Å². The zero-order chi connectivity index (χ0) is 22.6. The minimum absolute atomic E-state index is 0.0444. The van der Waals surface area contributed by atoms with Crippen LogP contribution < -0.4 is 10.0 Å². The Morgan fingerprint density at radius 3 is 2.39 bits per heavy atom. The van der Waals surface area contributed by atoms with E-state index in [4.69, 9.17) is 4.74 Å². The van der Waals surface area contributed by atoms with Gasteiger partial charge in [-0.3, -0.25) is 4.79 Å². The number of hydrogen-bond donors (Lipinski definition) is 2. The molecular weight excluding hydrogens is 414 g/mol. The number of nitrogens with one attached hydrogen (secondary N) is 2. The minimum Gasteiger partial charge on any atom is -0.385 e. The van der Waals surface area contributed by atoms with E-state index in [1.54, 1.807) is 13.8 Å². The molecule has 7 nitrogen and oxygen atoms in total. The van der Waals surface area contributed by atoms with Gasteiger partial charge in [0.2, 0.25) is 10.0 Å². The van der Waals surface area contributed by atoms with Crippen molar-refractivity contribution in [2.75, 3.05) is 25.0 Å². The molecule has 1 aliphatic carbocycles. The number of morpholine rings is 1. The summed E-state index contributed by atoms with van der Waals surface area (Å²) in [5.41, 5.74) is 1.64. The average Bonchev–Trinajstić information content (AvgIpc) is 2.72. The maximum Gasteiger partial charge on any atom is 0.254 e. The normalized spacial score (nSPS) is 27.3. The first-order valence-corrected chi connectivity index (χ1v) is 13.0. The predicted octanol–water partition coefficient (Wildman–Crippen LogP) is 3.23. The molecule has 31 heavy (non-hydrogen) atoms. The van der Waals surface area contributed by atoms with E-state index in [-0.39, 0.29) is 24.2 Å². The molecule has 1 saturated carbocycles. The van der Waals surface area contributed by atoms with Gasteiger partial charge in [0.05, 0.1) is 17.5 Å². The summed E-state index contributed by atoms with van der Waals surface area (Å²) in [6.45, 7) is 9.46. The topological polar surface area (TPSA) is 87.7 Å². The summed E-state index contributed by atoms with van der Waals surface area (Å²) in [6.07, 6.45) is 3.80. The third-order valence-corrected chi connectivity index (χ3v) is 8.11. The van der Waals surface area contributed by atoms with Crippen molar-refractivity contribution in [1.29, 1.82) is 0 Å². The molecule has 0 radical (unpaired) electrons. The van der Waals surface area contributed by atoms with Gasteiger partial charge in [-0.1, -0.05) is 6.07 Å². The fraction of sp³-hybridized carbons (Fsp3) is 0.696. The second-order valence-corrected chi connectivity index (χ2v) is 11.6. The Bertz CT molecular complexity index is 840. The van der Waals surface area contributed by atoms with Crippen molar-refractivity contribution in [3.63, 3.8) is 0 Å². The van der Waals surface area contributed by atoms with Crippen molar-refractivity contribution in [2.24, 2.45) is 5.92 Å². The molecule has 0 spiro atoms. The van der Waals surface area contributed by atoms with Gasteiger partial charge >= 0.3 is 0 Å². The molecule has 1 amide bonds. The summed E-state index contributed by atoms with van der Waals surface area (Å²) in [6, 6.07) is 7.74. The molecule has 2 N–H and O–H groups in total. The fourth-order valence-corrected chi connectivity index (χ4v) is 5.38. The van der Waals surface area contributed by atoms with Crippen molar-refractivity contribution in [3.05, 3.63) is 29.8 Å². The summed E-state index contributed by atoms with van der Waals surface area (Å²) in [5.74, 6) is 0.545. The number of benzene rings is 1. The van der Waals surface area contributed by atoms with Gasteiger partial charge in [0.25, 0.3) is 5.91 Å².